The van der Waals surface area contributed by atoms with Crippen LogP contribution in [0, 0.1) is 0 Å². The SMILES string of the molecule is CC(C)(C(=O)O)N(Cc1c(O)cc(O[C@H]2O[C@@H](CO)[C@H](O)[C@@H](O)[C@@H]2O)c(C(=O)CCc2ccc(O)cc2)c1O)Cc1c(O)cc(O[C@@H]2O[C@H](CO)[C@@H](O)[C@H](O)[C@H]2O)c(C(=O)CCc2ccc(O)cc2)c1O. The summed E-state index contributed by atoms with van der Waals surface area (Å²) in [6.45, 7) is -0.996. The van der Waals surface area contributed by atoms with E-state index < -0.39 is 168 Å². The Morgan fingerprint density at radius 3 is 1.24 bits per heavy atom. The molecule has 4 aromatic rings. The number of aliphatic hydroxyl groups is 8. The average Bonchev–Trinajstić information content (AvgIpc) is 3.33. The van der Waals surface area contributed by atoms with Crippen molar-refractivity contribution < 1.29 is 110 Å². The molecule has 2 aliphatic heterocycles. The Bertz CT molecular complexity index is 2370. The van der Waals surface area contributed by atoms with Gasteiger partial charge in [0.1, 0.15) is 111 Å². The zero-order valence-corrected chi connectivity index (χ0v) is 38.2. The lowest BCUT2D eigenvalue weighted by Crippen LogP contribution is -2.60. The van der Waals surface area contributed by atoms with Crippen molar-refractivity contribution in [3.05, 3.63) is 94.0 Å². The number of Topliss-reactive ketones (excluding diaryl/α,β-unsaturated/α-hetero) is 2. The number of aliphatic carboxylic acids is 1. The molecule has 0 aliphatic carbocycles. The zero-order valence-electron chi connectivity index (χ0n) is 38.2. The van der Waals surface area contributed by atoms with Crippen LogP contribution in [0.25, 0.3) is 0 Å². The van der Waals surface area contributed by atoms with E-state index in [9.17, 15) is 91.0 Å². The second-order valence-corrected chi connectivity index (χ2v) is 17.7. The van der Waals surface area contributed by atoms with Crippen LogP contribution >= 0.6 is 0 Å². The molecule has 0 radical (unpaired) electrons. The van der Waals surface area contributed by atoms with Gasteiger partial charge in [-0.25, -0.2) is 0 Å². The maximum atomic E-state index is 14.2. The number of phenols is 6. The highest BCUT2D eigenvalue weighted by atomic mass is 16.7. The second kappa shape index (κ2) is 22.4. The van der Waals surface area contributed by atoms with Gasteiger partial charge in [-0.3, -0.25) is 19.3 Å². The van der Waals surface area contributed by atoms with E-state index in [1.54, 1.807) is 0 Å². The van der Waals surface area contributed by atoms with Crippen LogP contribution in [0.5, 0.6) is 46.0 Å². The lowest BCUT2D eigenvalue weighted by atomic mass is 9.94. The molecule has 0 saturated carbocycles. The van der Waals surface area contributed by atoms with Crippen molar-refractivity contribution in [1.29, 1.82) is 0 Å². The van der Waals surface area contributed by atoms with Crippen molar-refractivity contribution in [2.45, 2.75) is 120 Å². The van der Waals surface area contributed by atoms with Crippen molar-refractivity contribution in [1.82, 2.24) is 4.90 Å². The van der Waals surface area contributed by atoms with E-state index in [-0.39, 0.29) is 37.2 Å². The molecule has 4 aromatic carbocycles. The lowest BCUT2D eigenvalue weighted by Gasteiger charge is -2.40. The van der Waals surface area contributed by atoms with Gasteiger partial charge < -0.3 is 95.5 Å². The fraction of sp³-hybridized carbons (Fsp3) is 0.438. The molecule has 0 unspecified atom stereocenters. The number of aromatic hydroxyl groups is 6. The standard InChI is InChI=1S/C48H57NO22/c1-48(2,47(66)67)49(17-25-29(56)15-31(68-45-43(64)41(62)39(60)33(19-50)70-45)35(37(25)58)27(54)13-7-21-3-9-23(52)10-4-21)18-26-30(57)16-32(69-46-44(65)42(63)40(61)34(20-51)71-46)36(38(26)59)28(55)14-8-22-5-11-24(53)12-6-22/h3-6,9-12,15-16,33-34,39-46,50-53,56-65H,7-8,13-14,17-20H2,1-2H3,(H,66,67)/t33-,34+,39-,40+,41+,42-,43-,44+,45-,46+. The molecule has 2 aliphatic rings. The summed E-state index contributed by atoms with van der Waals surface area (Å²) < 4.78 is 22.4. The first kappa shape index (κ1) is 54.0. The first-order valence-electron chi connectivity index (χ1n) is 22.2. The largest absolute Gasteiger partial charge is 0.508 e. The third-order valence-electron chi connectivity index (χ3n) is 12.6. The van der Waals surface area contributed by atoms with Gasteiger partial charge in [0.2, 0.25) is 12.6 Å². The number of phenolic OH excluding ortho intramolecular Hbond substituents is 6. The lowest BCUT2D eigenvalue weighted by molar-refractivity contribution is -0.277. The summed E-state index contributed by atoms with van der Waals surface area (Å²) in [5, 5.41) is 160. The molecule has 2 fully saturated rings. The van der Waals surface area contributed by atoms with Crippen LogP contribution in [0.15, 0.2) is 60.7 Å². The van der Waals surface area contributed by atoms with Gasteiger partial charge in [-0.15, -0.1) is 0 Å². The highest BCUT2D eigenvalue weighted by molar-refractivity contribution is 6.03. The van der Waals surface area contributed by atoms with Crippen LogP contribution in [0.2, 0.25) is 0 Å². The summed E-state index contributed by atoms with van der Waals surface area (Å²) in [5.41, 5.74) is -3.31. The quantitative estimate of drug-likeness (QED) is 0.0509. The van der Waals surface area contributed by atoms with Crippen LogP contribution in [0.3, 0.4) is 0 Å². The molecule has 71 heavy (non-hydrogen) atoms. The van der Waals surface area contributed by atoms with E-state index in [1.807, 2.05) is 0 Å². The third kappa shape index (κ3) is 11.7. The van der Waals surface area contributed by atoms with Gasteiger partial charge in [-0.1, -0.05) is 24.3 Å². The summed E-state index contributed by atoms with van der Waals surface area (Å²) in [7, 11) is 0. The Labute approximate surface area is 404 Å². The Morgan fingerprint density at radius 1 is 0.563 bits per heavy atom. The highest BCUT2D eigenvalue weighted by Crippen LogP contribution is 2.45. The minimum Gasteiger partial charge on any atom is -0.508 e. The molecule has 6 rings (SSSR count). The van der Waals surface area contributed by atoms with Gasteiger partial charge >= 0.3 is 5.97 Å². The number of carboxylic acid groups (broad SMARTS) is 1. The van der Waals surface area contributed by atoms with Gasteiger partial charge in [-0.05, 0) is 62.1 Å². The molecule has 23 heteroatoms. The first-order valence-corrected chi connectivity index (χ1v) is 22.2. The number of ether oxygens (including phenoxy) is 4. The fourth-order valence-electron chi connectivity index (χ4n) is 8.02. The molecule has 0 bridgehead atoms. The molecule has 386 valence electrons. The number of aliphatic hydroxyl groups excluding tert-OH is 8. The van der Waals surface area contributed by atoms with Crippen molar-refractivity contribution in [2.75, 3.05) is 13.2 Å². The van der Waals surface area contributed by atoms with Crippen molar-refractivity contribution in [3.63, 3.8) is 0 Å². The summed E-state index contributed by atoms with van der Waals surface area (Å²) in [5.74, 6) is -8.33. The predicted octanol–water partition coefficient (Wildman–Crippen LogP) is -0.226. The Hall–Kier alpha value is -6.35. The molecule has 15 N–H and O–H groups in total. The highest BCUT2D eigenvalue weighted by Gasteiger charge is 2.47. The molecule has 0 aromatic heterocycles. The second-order valence-electron chi connectivity index (χ2n) is 17.7. The van der Waals surface area contributed by atoms with Gasteiger partial charge in [-0.2, -0.15) is 0 Å². The van der Waals surface area contributed by atoms with E-state index >= 15 is 0 Å². The average molecular weight is 1000 g/mol. The van der Waals surface area contributed by atoms with E-state index in [1.165, 1.54) is 62.4 Å². The topological polar surface area (TPSA) is 395 Å². The number of carbonyl (C=O) groups excluding carboxylic acids is 2. The molecule has 0 amide bonds. The van der Waals surface area contributed by atoms with E-state index in [0.717, 1.165) is 17.0 Å². The number of nitrogens with zero attached hydrogens (tertiary/aromatic N) is 1. The van der Waals surface area contributed by atoms with Crippen molar-refractivity contribution in [3.8, 4) is 46.0 Å². The minimum absolute atomic E-state index is 0.0110. The van der Waals surface area contributed by atoms with Crippen LogP contribution in [-0.2, 0) is 40.2 Å². The molecule has 0 spiro atoms. The van der Waals surface area contributed by atoms with Gasteiger partial charge in [0.25, 0.3) is 0 Å². The smallest absolute Gasteiger partial charge is 0.323 e. The predicted molar refractivity (Wildman–Crippen MR) is 241 cm³/mol. The van der Waals surface area contributed by atoms with Crippen LogP contribution in [-0.4, -0.2) is 179 Å². The number of ketones is 2. The normalized spacial score (nSPS) is 24.7. The van der Waals surface area contributed by atoms with Crippen molar-refractivity contribution >= 4 is 17.5 Å². The molecule has 10 atom stereocenters. The number of aryl methyl sites for hydroxylation is 2. The summed E-state index contributed by atoms with van der Waals surface area (Å²) in [6.07, 6.45) is -19.0. The summed E-state index contributed by atoms with van der Waals surface area (Å²) in [4.78, 5) is 42.3. The molecular formula is C48H57NO22. The molecule has 2 heterocycles. The third-order valence-corrected chi connectivity index (χ3v) is 12.6. The minimum atomic E-state index is -2.07. The Morgan fingerprint density at radius 2 is 0.915 bits per heavy atom. The van der Waals surface area contributed by atoms with Gasteiger partial charge in [0.15, 0.2) is 11.6 Å². The molecule has 23 nitrogen and oxygen atoms in total. The molecule has 2 saturated heterocycles. The van der Waals surface area contributed by atoms with Crippen LogP contribution in [0.1, 0.15) is 69.7 Å². The summed E-state index contributed by atoms with van der Waals surface area (Å²) in [6, 6.07) is 13.2. The fourth-order valence-corrected chi connectivity index (χ4v) is 8.02. The number of hydrogen-bond donors (Lipinski definition) is 15. The number of rotatable bonds is 20. The number of hydrogen-bond acceptors (Lipinski definition) is 22. The van der Waals surface area contributed by atoms with Crippen LogP contribution in [0.4, 0.5) is 0 Å². The number of carbonyl (C=O) groups is 3. The maximum Gasteiger partial charge on any atom is 0.323 e. The maximum absolute atomic E-state index is 14.2. The van der Waals surface area contributed by atoms with E-state index in [2.05, 4.69) is 0 Å². The van der Waals surface area contributed by atoms with Crippen LogP contribution < -0.4 is 9.47 Å². The number of benzene rings is 4. The van der Waals surface area contributed by atoms with E-state index in [0.29, 0.717) is 11.1 Å². The van der Waals surface area contributed by atoms with Crippen molar-refractivity contribution in [2.24, 2.45) is 0 Å². The Balaban J connectivity index is 1.43. The summed E-state index contributed by atoms with van der Waals surface area (Å²) >= 11 is 0. The number of carboxylic acids is 1. The van der Waals surface area contributed by atoms with Gasteiger partial charge in [0.05, 0.1) is 24.3 Å². The first-order chi connectivity index (χ1) is 33.5. The molecular weight excluding hydrogens is 943 g/mol. The monoisotopic (exact) mass is 999 g/mol. The zero-order chi connectivity index (χ0) is 52.2. The Kier molecular flexibility index (Phi) is 17.0. The van der Waals surface area contributed by atoms with Gasteiger partial charge in [0, 0.05) is 38.1 Å². The van der Waals surface area contributed by atoms with E-state index in [4.69, 9.17) is 18.9 Å².